The molecule has 0 spiro atoms. The Morgan fingerprint density at radius 3 is 2.85 bits per heavy atom. The van der Waals surface area contributed by atoms with Gasteiger partial charge in [0.2, 0.25) is 0 Å². The third-order valence-electron chi connectivity index (χ3n) is 4.37. The summed E-state index contributed by atoms with van der Waals surface area (Å²) in [5.74, 6) is 0.777. The zero-order valence-corrected chi connectivity index (χ0v) is 16.3. The molecule has 140 valence electrons. The summed E-state index contributed by atoms with van der Waals surface area (Å²) in [7, 11) is 1.66. The average Bonchev–Trinajstić information content (AvgIpc) is 3.05. The highest BCUT2D eigenvalue weighted by Gasteiger charge is 2.21. The zero-order valence-electron chi connectivity index (χ0n) is 15.4. The molecule has 1 N–H and O–H groups in total. The molecule has 1 aromatic heterocycles. The Labute approximate surface area is 158 Å². The Morgan fingerprint density at radius 1 is 1.38 bits per heavy atom. The Bertz CT molecular complexity index is 756. The fraction of sp³-hybridized carbons (Fsp3) is 0.474. The van der Waals surface area contributed by atoms with E-state index in [-0.39, 0.29) is 11.9 Å². The summed E-state index contributed by atoms with van der Waals surface area (Å²) in [6.45, 7) is 6.94. The van der Waals surface area contributed by atoms with E-state index < -0.39 is 0 Å². The van der Waals surface area contributed by atoms with Gasteiger partial charge in [0.1, 0.15) is 10.6 Å². The molecule has 1 fully saturated rings. The number of para-hydroxylation sites is 1. The Balaban J connectivity index is 1.65. The van der Waals surface area contributed by atoms with Gasteiger partial charge in [0, 0.05) is 19.1 Å². The average molecular weight is 375 g/mol. The van der Waals surface area contributed by atoms with Crippen molar-refractivity contribution in [1.29, 1.82) is 0 Å². The standard InChI is InChI=1S/C19H25N3O3S/c1-13(12-15-6-4-5-7-16(15)24-3)20-18(23)17-14(2)21-19(26-17)22-8-10-25-11-9-22/h4-7,13H,8-12H2,1-3H3,(H,20,23). The molecular formula is C19H25N3O3S. The maximum Gasteiger partial charge on any atom is 0.263 e. The van der Waals surface area contributed by atoms with Crippen LogP contribution in [0.15, 0.2) is 24.3 Å². The first-order valence-electron chi connectivity index (χ1n) is 8.81. The summed E-state index contributed by atoms with van der Waals surface area (Å²) in [5.41, 5.74) is 1.86. The van der Waals surface area contributed by atoms with Crippen LogP contribution in [-0.4, -0.2) is 50.3 Å². The lowest BCUT2D eigenvalue weighted by atomic mass is 10.1. The van der Waals surface area contributed by atoms with E-state index >= 15 is 0 Å². The summed E-state index contributed by atoms with van der Waals surface area (Å²) in [6.07, 6.45) is 0.712. The smallest absolute Gasteiger partial charge is 0.263 e. The number of rotatable bonds is 6. The highest BCUT2D eigenvalue weighted by Crippen LogP contribution is 2.27. The van der Waals surface area contributed by atoms with Gasteiger partial charge in [-0.1, -0.05) is 29.5 Å². The molecule has 1 aliphatic heterocycles. The molecule has 1 atom stereocenters. The largest absolute Gasteiger partial charge is 0.496 e. The van der Waals surface area contributed by atoms with Crippen LogP contribution < -0.4 is 15.0 Å². The van der Waals surface area contributed by atoms with Crippen LogP contribution in [0.3, 0.4) is 0 Å². The van der Waals surface area contributed by atoms with Gasteiger partial charge in [0.15, 0.2) is 5.13 Å². The van der Waals surface area contributed by atoms with Crippen LogP contribution in [0.5, 0.6) is 5.75 Å². The first-order chi connectivity index (χ1) is 12.6. The van der Waals surface area contributed by atoms with Gasteiger partial charge in [0.25, 0.3) is 5.91 Å². The number of amides is 1. The number of nitrogens with one attached hydrogen (secondary N) is 1. The van der Waals surface area contributed by atoms with E-state index in [1.165, 1.54) is 11.3 Å². The second-order valence-electron chi connectivity index (χ2n) is 6.40. The van der Waals surface area contributed by atoms with Crippen LogP contribution >= 0.6 is 11.3 Å². The summed E-state index contributed by atoms with van der Waals surface area (Å²) in [5, 5.41) is 3.98. The van der Waals surface area contributed by atoms with Gasteiger partial charge in [-0.25, -0.2) is 4.98 Å². The summed E-state index contributed by atoms with van der Waals surface area (Å²) >= 11 is 1.45. The number of methoxy groups -OCH3 is 1. The Hall–Kier alpha value is -2.12. The lowest BCUT2D eigenvalue weighted by Crippen LogP contribution is -2.36. The molecule has 1 saturated heterocycles. The van der Waals surface area contributed by atoms with E-state index in [1.807, 2.05) is 38.1 Å². The third kappa shape index (κ3) is 4.34. The molecule has 1 unspecified atom stereocenters. The number of hydrogen-bond acceptors (Lipinski definition) is 6. The topological polar surface area (TPSA) is 63.7 Å². The zero-order chi connectivity index (χ0) is 18.5. The maximum absolute atomic E-state index is 12.7. The normalized spacial score (nSPS) is 15.6. The number of nitrogens with zero attached hydrogens (tertiary/aromatic N) is 2. The Kier molecular flexibility index (Phi) is 6.11. The van der Waals surface area contributed by atoms with Crippen LogP contribution in [-0.2, 0) is 11.2 Å². The fourth-order valence-corrected chi connectivity index (χ4v) is 4.05. The minimum Gasteiger partial charge on any atom is -0.496 e. The van der Waals surface area contributed by atoms with Gasteiger partial charge < -0.3 is 19.7 Å². The van der Waals surface area contributed by atoms with Crippen molar-refractivity contribution >= 4 is 22.4 Å². The van der Waals surface area contributed by atoms with Gasteiger partial charge >= 0.3 is 0 Å². The molecule has 0 saturated carbocycles. The van der Waals surface area contributed by atoms with Crippen molar-refractivity contribution in [3.05, 3.63) is 40.4 Å². The second kappa shape index (κ2) is 8.51. The fourth-order valence-electron chi connectivity index (χ4n) is 3.02. The minimum atomic E-state index is -0.0677. The molecule has 0 bridgehead atoms. The molecule has 26 heavy (non-hydrogen) atoms. The predicted molar refractivity (Wildman–Crippen MR) is 104 cm³/mol. The number of carbonyl (C=O) groups is 1. The van der Waals surface area contributed by atoms with Gasteiger partial charge in [0.05, 0.1) is 26.0 Å². The van der Waals surface area contributed by atoms with Crippen LogP contribution in [0.1, 0.15) is 27.9 Å². The maximum atomic E-state index is 12.7. The summed E-state index contributed by atoms with van der Waals surface area (Å²) < 4.78 is 10.8. The number of morpholine rings is 1. The molecule has 2 heterocycles. The SMILES string of the molecule is COc1ccccc1CC(C)NC(=O)c1sc(N2CCOCC2)nc1C. The van der Waals surface area contributed by atoms with Crippen molar-refractivity contribution in [2.75, 3.05) is 38.3 Å². The predicted octanol–water partition coefficient (Wildman–Crippen LogP) is 2.66. The van der Waals surface area contributed by atoms with Crippen molar-refractivity contribution in [2.45, 2.75) is 26.3 Å². The number of benzene rings is 1. The lowest BCUT2D eigenvalue weighted by Gasteiger charge is -2.26. The first kappa shape index (κ1) is 18.7. The van der Waals surface area contributed by atoms with Gasteiger partial charge in [-0.3, -0.25) is 4.79 Å². The third-order valence-corrected chi connectivity index (χ3v) is 5.59. The van der Waals surface area contributed by atoms with Crippen LogP contribution in [0.4, 0.5) is 5.13 Å². The highest BCUT2D eigenvalue weighted by molar-refractivity contribution is 7.17. The number of carbonyl (C=O) groups excluding carboxylic acids is 1. The molecule has 1 aliphatic rings. The van der Waals surface area contributed by atoms with E-state index in [0.29, 0.717) is 24.5 Å². The van der Waals surface area contributed by atoms with Crippen molar-refractivity contribution in [2.24, 2.45) is 0 Å². The number of aromatic nitrogens is 1. The number of thiazole rings is 1. The van der Waals surface area contributed by atoms with Crippen molar-refractivity contribution in [3.63, 3.8) is 0 Å². The van der Waals surface area contributed by atoms with Gasteiger partial charge in [-0.05, 0) is 31.9 Å². The van der Waals surface area contributed by atoms with E-state index in [4.69, 9.17) is 9.47 Å². The molecule has 6 nitrogen and oxygen atoms in total. The van der Waals surface area contributed by atoms with E-state index in [0.717, 1.165) is 35.2 Å². The molecule has 0 radical (unpaired) electrons. The molecule has 0 aliphatic carbocycles. The quantitative estimate of drug-likeness (QED) is 0.841. The van der Waals surface area contributed by atoms with Crippen LogP contribution in [0.25, 0.3) is 0 Å². The molecular weight excluding hydrogens is 350 g/mol. The van der Waals surface area contributed by atoms with Crippen molar-refractivity contribution in [1.82, 2.24) is 10.3 Å². The number of hydrogen-bond donors (Lipinski definition) is 1. The van der Waals surface area contributed by atoms with Crippen LogP contribution in [0.2, 0.25) is 0 Å². The molecule has 1 amide bonds. The highest BCUT2D eigenvalue weighted by atomic mass is 32.1. The second-order valence-corrected chi connectivity index (χ2v) is 7.38. The summed E-state index contributed by atoms with van der Waals surface area (Å²) in [6, 6.07) is 7.88. The molecule has 7 heteroatoms. The number of ether oxygens (including phenoxy) is 2. The van der Waals surface area contributed by atoms with Gasteiger partial charge in [-0.15, -0.1) is 0 Å². The van der Waals surface area contributed by atoms with Crippen molar-refractivity contribution < 1.29 is 14.3 Å². The van der Waals surface area contributed by atoms with E-state index in [9.17, 15) is 4.79 Å². The van der Waals surface area contributed by atoms with Crippen LogP contribution in [0, 0.1) is 6.92 Å². The van der Waals surface area contributed by atoms with Crippen molar-refractivity contribution in [3.8, 4) is 5.75 Å². The number of anilines is 1. The monoisotopic (exact) mass is 375 g/mol. The molecule has 3 rings (SSSR count). The van der Waals surface area contributed by atoms with Gasteiger partial charge in [-0.2, -0.15) is 0 Å². The Morgan fingerprint density at radius 2 is 2.12 bits per heavy atom. The lowest BCUT2D eigenvalue weighted by molar-refractivity contribution is 0.0943. The number of aryl methyl sites for hydroxylation is 1. The molecule has 2 aromatic rings. The summed E-state index contributed by atoms with van der Waals surface area (Å²) in [4.78, 5) is 20.1. The first-order valence-corrected chi connectivity index (χ1v) is 9.63. The minimum absolute atomic E-state index is 0.00728. The van der Waals surface area contributed by atoms with E-state index in [2.05, 4.69) is 15.2 Å². The van der Waals surface area contributed by atoms with E-state index in [1.54, 1.807) is 7.11 Å². The molecule has 1 aromatic carbocycles.